The number of rotatable bonds is 3. The summed E-state index contributed by atoms with van der Waals surface area (Å²) >= 11 is 8.57. The summed E-state index contributed by atoms with van der Waals surface area (Å²) in [5.41, 5.74) is 2.01. The number of fused-ring (bicyclic) bond motifs is 1. The Bertz CT molecular complexity index is 1220. The van der Waals surface area contributed by atoms with Crippen molar-refractivity contribution < 1.29 is 0 Å². The molecule has 4 rings (SSSR count). The van der Waals surface area contributed by atoms with Crippen LogP contribution in [0.1, 0.15) is 11.4 Å². The lowest BCUT2D eigenvalue weighted by atomic mass is 10.2. The van der Waals surface area contributed by atoms with E-state index in [2.05, 4.69) is 27.6 Å². The SMILES string of the molecule is O=c1c2cc(I)ccc2nc(/C=C/c2cccnc2)n1-c1ccccc1Cl. The first-order valence-electron chi connectivity index (χ1n) is 8.19. The minimum absolute atomic E-state index is 0.155. The van der Waals surface area contributed by atoms with E-state index in [4.69, 9.17) is 16.6 Å². The Labute approximate surface area is 174 Å². The van der Waals surface area contributed by atoms with Crippen LogP contribution in [-0.4, -0.2) is 14.5 Å². The Morgan fingerprint density at radius 2 is 1.89 bits per heavy atom. The van der Waals surface area contributed by atoms with E-state index in [-0.39, 0.29) is 5.56 Å². The van der Waals surface area contributed by atoms with Crippen LogP contribution in [0.25, 0.3) is 28.7 Å². The second kappa shape index (κ2) is 7.62. The van der Waals surface area contributed by atoms with Crippen molar-refractivity contribution in [3.05, 3.63) is 97.3 Å². The van der Waals surface area contributed by atoms with E-state index >= 15 is 0 Å². The summed E-state index contributed by atoms with van der Waals surface area (Å²) in [6.45, 7) is 0. The molecule has 0 fully saturated rings. The van der Waals surface area contributed by atoms with Crippen LogP contribution < -0.4 is 5.56 Å². The predicted octanol–water partition coefficient (Wildman–Crippen LogP) is 5.21. The highest BCUT2D eigenvalue weighted by Crippen LogP contribution is 2.22. The first-order chi connectivity index (χ1) is 13.1. The third-order valence-electron chi connectivity index (χ3n) is 4.06. The molecular formula is C21H13ClIN3O. The number of nitrogens with zero attached hydrogens (tertiary/aromatic N) is 3. The first-order valence-corrected chi connectivity index (χ1v) is 9.64. The maximum atomic E-state index is 13.3. The fourth-order valence-corrected chi connectivity index (χ4v) is 3.51. The van der Waals surface area contributed by atoms with Crippen LogP contribution in [0.2, 0.25) is 5.02 Å². The lowest BCUT2D eigenvalue weighted by molar-refractivity contribution is 0.944. The molecule has 4 aromatic rings. The van der Waals surface area contributed by atoms with Crippen molar-refractivity contribution in [2.24, 2.45) is 0 Å². The Morgan fingerprint density at radius 3 is 2.67 bits per heavy atom. The van der Waals surface area contributed by atoms with Gasteiger partial charge in [-0.05, 0) is 76.7 Å². The van der Waals surface area contributed by atoms with Gasteiger partial charge in [0.25, 0.3) is 5.56 Å². The molecule has 6 heteroatoms. The number of aromatic nitrogens is 3. The van der Waals surface area contributed by atoms with Gasteiger partial charge in [0.1, 0.15) is 5.82 Å². The van der Waals surface area contributed by atoms with Crippen molar-refractivity contribution in [3.63, 3.8) is 0 Å². The molecule has 0 saturated heterocycles. The summed E-state index contributed by atoms with van der Waals surface area (Å²) in [6, 6.07) is 16.7. The van der Waals surface area contributed by atoms with Gasteiger partial charge in [0.2, 0.25) is 0 Å². The molecular weight excluding hydrogens is 473 g/mol. The molecule has 0 atom stereocenters. The lowest BCUT2D eigenvalue weighted by Gasteiger charge is -2.13. The summed E-state index contributed by atoms with van der Waals surface area (Å²) in [6.07, 6.45) is 7.14. The maximum absolute atomic E-state index is 13.3. The lowest BCUT2D eigenvalue weighted by Crippen LogP contribution is -2.22. The fraction of sp³-hybridized carbons (Fsp3) is 0. The monoisotopic (exact) mass is 485 g/mol. The molecule has 0 unspecified atom stereocenters. The highest BCUT2D eigenvalue weighted by atomic mass is 127. The minimum Gasteiger partial charge on any atom is -0.268 e. The normalized spacial score (nSPS) is 11.3. The molecule has 4 nitrogen and oxygen atoms in total. The molecule has 0 bridgehead atoms. The van der Waals surface area contributed by atoms with Crippen molar-refractivity contribution in [2.75, 3.05) is 0 Å². The van der Waals surface area contributed by atoms with Crippen LogP contribution in [0.3, 0.4) is 0 Å². The molecule has 0 radical (unpaired) electrons. The Balaban J connectivity index is 2.00. The van der Waals surface area contributed by atoms with Gasteiger partial charge in [0.15, 0.2) is 0 Å². The van der Waals surface area contributed by atoms with E-state index < -0.39 is 0 Å². The molecule has 0 aliphatic carbocycles. The molecule has 0 amide bonds. The summed E-state index contributed by atoms with van der Waals surface area (Å²) in [4.78, 5) is 22.1. The third kappa shape index (κ3) is 3.65. The first kappa shape index (κ1) is 17.9. The largest absolute Gasteiger partial charge is 0.268 e. The van der Waals surface area contributed by atoms with Crippen LogP contribution >= 0.6 is 34.2 Å². The molecule has 0 saturated carbocycles. The zero-order valence-electron chi connectivity index (χ0n) is 14.0. The number of para-hydroxylation sites is 1. The summed E-state index contributed by atoms with van der Waals surface area (Å²) in [5.74, 6) is 0.505. The zero-order valence-corrected chi connectivity index (χ0v) is 16.9. The second-order valence-electron chi connectivity index (χ2n) is 5.84. The van der Waals surface area contributed by atoms with Crippen molar-refractivity contribution in [1.29, 1.82) is 0 Å². The third-order valence-corrected chi connectivity index (χ3v) is 5.05. The topological polar surface area (TPSA) is 47.8 Å². The van der Waals surface area contributed by atoms with Gasteiger partial charge in [-0.3, -0.25) is 14.3 Å². The number of hydrogen-bond acceptors (Lipinski definition) is 3. The van der Waals surface area contributed by atoms with Crippen LogP contribution in [0.5, 0.6) is 0 Å². The second-order valence-corrected chi connectivity index (χ2v) is 7.50. The Morgan fingerprint density at radius 1 is 1.04 bits per heavy atom. The standard InChI is InChI=1S/C21H13ClIN3O/c22-17-5-1-2-6-19(17)26-20(10-7-14-4-3-11-24-13-14)25-18-9-8-15(23)12-16(18)21(26)27/h1-13H/b10-7+. The molecule has 27 heavy (non-hydrogen) atoms. The van der Waals surface area contributed by atoms with E-state index in [1.807, 2.05) is 54.6 Å². The van der Waals surface area contributed by atoms with Crippen LogP contribution in [0, 0.1) is 3.57 Å². The molecule has 0 aliphatic rings. The van der Waals surface area contributed by atoms with E-state index in [1.54, 1.807) is 29.1 Å². The van der Waals surface area contributed by atoms with Crippen molar-refractivity contribution in [3.8, 4) is 5.69 Å². The fourth-order valence-electron chi connectivity index (χ4n) is 2.80. The van der Waals surface area contributed by atoms with Gasteiger partial charge in [0.05, 0.1) is 21.6 Å². The van der Waals surface area contributed by atoms with Crippen LogP contribution in [0.15, 0.2) is 71.8 Å². The number of benzene rings is 2. The van der Waals surface area contributed by atoms with E-state index in [1.165, 1.54) is 0 Å². The molecule has 0 spiro atoms. The van der Waals surface area contributed by atoms with Gasteiger partial charge >= 0.3 is 0 Å². The Hall–Kier alpha value is -2.51. The molecule has 2 aromatic carbocycles. The molecule has 2 heterocycles. The number of hydrogen-bond donors (Lipinski definition) is 0. The average molecular weight is 486 g/mol. The smallest absolute Gasteiger partial charge is 0.266 e. The van der Waals surface area contributed by atoms with Crippen LogP contribution in [-0.2, 0) is 0 Å². The van der Waals surface area contributed by atoms with Gasteiger partial charge in [-0.1, -0.05) is 29.8 Å². The van der Waals surface area contributed by atoms with Gasteiger partial charge in [-0.2, -0.15) is 0 Å². The molecule has 0 aliphatic heterocycles. The average Bonchev–Trinajstić information content (AvgIpc) is 2.69. The van der Waals surface area contributed by atoms with Crippen molar-refractivity contribution in [1.82, 2.24) is 14.5 Å². The summed E-state index contributed by atoms with van der Waals surface area (Å²) in [7, 11) is 0. The predicted molar refractivity (Wildman–Crippen MR) is 118 cm³/mol. The number of halogens is 2. The van der Waals surface area contributed by atoms with Gasteiger partial charge in [-0.25, -0.2) is 4.98 Å². The minimum atomic E-state index is -0.155. The maximum Gasteiger partial charge on any atom is 0.266 e. The van der Waals surface area contributed by atoms with E-state index in [9.17, 15) is 4.79 Å². The Kier molecular flexibility index (Phi) is 5.05. The molecule has 132 valence electrons. The summed E-state index contributed by atoms with van der Waals surface area (Å²) in [5, 5.41) is 1.04. The zero-order chi connectivity index (χ0) is 18.8. The van der Waals surface area contributed by atoms with E-state index in [0.29, 0.717) is 27.4 Å². The van der Waals surface area contributed by atoms with Gasteiger partial charge < -0.3 is 0 Å². The molecule has 0 N–H and O–H groups in total. The molecule has 2 aromatic heterocycles. The van der Waals surface area contributed by atoms with Crippen molar-refractivity contribution >= 4 is 57.2 Å². The van der Waals surface area contributed by atoms with Crippen LogP contribution in [0.4, 0.5) is 0 Å². The van der Waals surface area contributed by atoms with Gasteiger partial charge in [0, 0.05) is 16.0 Å². The van der Waals surface area contributed by atoms with Crippen molar-refractivity contribution in [2.45, 2.75) is 0 Å². The quantitative estimate of drug-likeness (QED) is 0.374. The van der Waals surface area contributed by atoms with Gasteiger partial charge in [-0.15, -0.1) is 0 Å². The highest BCUT2D eigenvalue weighted by molar-refractivity contribution is 14.1. The number of pyridine rings is 1. The summed E-state index contributed by atoms with van der Waals surface area (Å²) < 4.78 is 2.52. The highest BCUT2D eigenvalue weighted by Gasteiger charge is 2.13. The van der Waals surface area contributed by atoms with E-state index in [0.717, 1.165) is 9.13 Å².